The highest BCUT2D eigenvalue weighted by Gasteiger charge is 2.37. The number of carbonyl (C=O) groups excluding carboxylic acids is 1. The molecule has 0 saturated carbocycles. The second-order valence-electron chi connectivity index (χ2n) is 10.2. The number of hydrogen-bond acceptors (Lipinski definition) is 8. The fraction of sp³-hybridized carbons (Fsp3) is 0.448. The second kappa shape index (κ2) is 13.7. The number of hydrogen-bond donors (Lipinski definition) is 1. The van der Waals surface area contributed by atoms with Crippen molar-refractivity contribution in [3.63, 3.8) is 0 Å². The first-order valence-electron chi connectivity index (χ1n) is 13.3. The lowest BCUT2D eigenvalue weighted by atomic mass is 10.0. The minimum Gasteiger partial charge on any atom is -0.493 e. The Labute approximate surface area is 238 Å². The van der Waals surface area contributed by atoms with E-state index in [9.17, 15) is 18.7 Å². The number of aryl methyl sites for hydroxylation is 1. The standard InChI is InChI=1S/C29H36F2N4O6/c1-21-14-32-35(15-21)10-11-40-27-12-22(4-7-26(27)39-3)16-33-8-9-34(28(36)17-38-2)19-29(37,18-33)20-41-23-5-6-24(30)25(31)13-23/h4-7,12-15,37H,8-11,16-20H2,1-3H3/t29-/m0/s1. The molecule has 4 rings (SSSR count). The first kappa shape index (κ1) is 30.2. The highest BCUT2D eigenvalue weighted by atomic mass is 19.2. The lowest BCUT2D eigenvalue weighted by Gasteiger charge is -2.33. The van der Waals surface area contributed by atoms with E-state index in [0.717, 1.165) is 23.3 Å². The Kier molecular flexibility index (Phi) is 10.1. The van der Waals surface area contributed by atoms with Crippen LogP contribution in [0.4, 0.5) is 8.78 Å². The fourth-order valence-corrected chi connectivity index (χ4v) is 4.71. The molecule has 0 aliphatic carbocycles. The largest absolute Gasteiger partial charge is 0.493 e. The monoisotopic (exact) mass is 574 g/mol. The zero-order valence-electron chi connectivity index (χ0n) is 23.5. The van der Waals surface area contributed by atoms with Crippen molar-refractivity contribution in [2.24, 2.45) is 0 Å². The first-order valence-corrected chi connectivity index (χ1v) is 13.3. The number of β-amino-alcohol motifs (C(OH)–C–C–N with tert-alkyl or cyclic N) is 1. The van der Waals surface area contributed by atoms with Crippen LogP contribution < -0.4 is 14.2 Å². The van der Waals surface area contributed by atoms with Gasteiger partial charge in [0.05, 0.1) is 26.4 Å². The zero-order valence-corrected chi connectivity index (χ0v) is 23.5. The molecule has 1 N–H and O–H groups in total. The maximum absolute atomic E-state index is 13.7. The summed E-state index contributed by atoms with van der Waals surface area (Å²) < 4.78 is 51.0. The SMILES string of the molecule is COCC(=O)N1CCN(Cc2ccc(OC)c(OCCn3cc(C)cn3)c2)C[C@@](O)(COc2ccc(F)c(F)c2)C1. The van der Waals surface area contributed by atoms with Crippen LogP contribution in [-0.2, 0) is 22.6 Å². The number of aromatic nitrogens is 2. The molecule has 222 valence electrons. The highest BCUT2D eigenvalue weighted by molar-refractivity contribution is 5.77. The normalized spacial score (nSPS) is 17.8. The van der Waals surface area contributed by atoms with Gasteiger partial charge in [-0.15, -0.1) is 0 Å². The zero-order chi connectivity index (χ0) is 29.4. The molecule has 0 unspecified atom stereocenters. The number of rotatable bonds is 12. The van der Waals surface area contributed by atoms with Crippen molar-refractivity contribution in [3.05, 3.63) is 71.6 Å². The van der Waals surface area contributed by atoms with Crippen LogP contribution in [0.15, 0.2) is 48.8 Å². The van der Waals surface area contributed by atoms with Crippen molar-refractivity contribution in [1.29, 1.82) is 0 Å². The number of carbonyl (C=O) groups is 1. The fourth-order valence-electron chi connectivity index (χ4n) is 4.71. The highest BCUT2D eigenvalue weighted by Crippen LogP contribution is 2.29. The molecule has 1 aliphatic heterocycles. The van der Waals surface area contributed by atoms with Gasteiger partial charge in [0, 0.05) is 45.6 Å². The smallest absolute Gasteiger partial charge is 0.248 e. The predicted octanol–water partition coefficient (Wildman–Crippen LogP) is 2.66. The van der Waals surface area contributed by atoms with E-state index in [1.54, 1.807) is 13.3 Å². The average Bonchev–Trinajstić information content (AvgIpc) is 3.28. The Hall–Kier alpha value is -3.74. The summed E-state index contributed by atoms with van der Waals surface area (Å²) in [4.78, 5) is 16.2. The average molecular weight is 575 g/mol. The molecule has 41 heavy (non-hydrogen) atoms. The van der Waals surface area contributed by atoms with E-state index in [4.69, 9.17) is 18.9 Å². The van der Waals surface area contributed by atoms with E-state index in [2.05, 4.69) is 5.10 Å². The van der Waals surface area contributed by atoms with Gasteiger partial charge in [-0.2, -0.15) is 5.10 Å². The van der Waals surface area contributed by atoms with E-state index < -0.39 is 17.2 Å². The Morgan fingerprint density at radius 3 is 2.59 bits per heavy atom. The first-order chi connectivity index (χ1) is 19.7. The van der Waals surface area contributed by atoms with Crippen LogP contribution in [0.5, 0.6) is 17.2 Å². The number of benzene rings is 2. The van der Waals surface area contributed by atoms with E-state index in [0.29, 0.717) is 44.3 Å². The molecule has 0 spiro atoms. The molecule has 1 atom stereocenters. The maximum atomic E-state index is 13.7. The van der Waals surface area contributed by atoms with Crippen molar-refractivity contribution < 1.29 is 37.6 Å². The summed E-state index contributed by atoms with van der Waals surface area (Å²) in [6.45, 7) is 4.00. The second-order valence-corrected chi connectivity index (χ2v) is 10.2. The molecule has 0 bridgehead atoms. The third kappa shape index (κ3) is 8.38. The van der Waals surface area contributed by atoms with Gasteiger partial charge in [0.15, 0.2) is 23.1 Å². The summed E-state index contributed by atoms with van der Waals surface area (Å²) >= 11 is 0. The van der Waals surface area contributed by atoms with Gasteiger partial charge in [0.2, 0.25) is 5.91 Å². The minimum absolute atomic E-state index is 0.0146. The maximum Gasteiger partial charge on any atom is 0.248 e. The van der Waals surface area contributed by atoms with E-state index >= 15 is 0 Å². The van der Waals surface area contributed by atoms with E-state index in [-0.39, 0.29) is 38.0 Å². The van der Waals surface area contributed by atoms with Crippen LogP contribution in [0.3, 0.4) is 0 Å². The summed E-state index contributed by atoms with van der Waals surface area (Å²) in [5.41, 5.74) is 0.481. The molecular formula is C29H36F2N4O6. The number of nitrogens with zero attached hydrogens (tertiary/aromatic N) is 4. The number of halogens is 2. The number of aliphatic hydroxyl groups is 1. The van der Waals surface area contributed by atoms with Gasteiger partial charge < -0.3 is 29.0 Å². The minimum atomic E-state index is -1.50. The molecule has 0 radical (unpaired) electrons. The quantitative estimate of drug-likeness (QED) is 0.353. The Morgan fingerprint density at radius 1 is 1.05 bits per heavy atom. The van der Waals surface area contributed by atoms with Crippen LogP contribution >= 0.6 is 0 Å². The lowest BCUT2D eigenvalue weighted by Crippen LogP contribution is -2.52. The van der Waals surface area contributed by atoms with Gasteiger partial charge in [0.1, 0.15) is 31.2 Å². The molecule has 1 aromatic heterocycles. The van der Waals surface area contributed by atoms with Gasteiger partial charge in [-0.05, 0) is 42.3 Å². The van der Waals surface area contributed by atoms with Gasteiger partial charge >= 0.3 is 0 Å². The third-order valence-electron chi connectivity index (χ3n) is 6.68. The van der Waals surface area contributed by atoms with Gasteiger partial charge in [-0.1, -0.05) is 6.07 Å². The van der Waals surface area contributed by atoms with Crippen molar-refractivity contribution in [2.45, 2.75) is 25.6 Å². The molecule has 1 saturated heterocycles. The Bertz CT molecular complexity index is 1320. The molecule has 10 nitrogen and oxygen atoms in total. The van der Waals surface area contributed by atoms with E-state index in [1.165, 1.54) is 18.1 Å². The third-order valence-corrected chi connectivity index (χ3v) is 6.68. The predicted molar refractivity (Wildman–Crippen MR) is 146 cm³/mol. The molecule has 1 fully saturated rings. The van der Waals surface area contributed by atoms with Gasteiger partial charge in [-0.3, -0.25) is 14.4 Å². The molecule has 12 heteroatoms. The van der Waals surface area contributed by atoms with Crippen molar-refractivity contribution in [3.8, 4) is 17.2 Å². The van der Waals surface area contributed by atoms with Crippen LogP contribution in [0.1, 0.15) is 11.1 Å². The van der Waals surface area contributed by atoms with Crippen molar-refractivity contribution >= 4 is 5.91 Å². The number of amides is 1. The van der Waals surface area contributed by atoms with Crippen LogP contribution in [0, 0.1) is 18.6 Å². The number of methoxy groups -OCH3 is 2. The number of ether oxygens (including phenoxy) is 4. The van der Waals surface area contributed by atoms with Gasteiger partial charge in [-0.25, -0.2) is 8.78 Å². The molecule has 2 aromatic carbocycles. The lowest BCUT2D eigenvalue weighted by molar-refractivity contribution is -0.138. The Morgan fingerprint density at radius 2 is 1.88 bits per heavy atom. The summed E-state index contributed by atoms with van der Waals surface area (Å²) in [5, 5.41) is 15.9. The summed E-state index contributed by atoms with van der Waals surface area (Å²) in [7, 11) is 3.01. The molecule has 3 aromatic rings. The van der Waals surface area contributed by atoms with Gasteiger partial charge in [0.25, 0.3) is 0 Å². The van der Waals surface area contributed by atoms with Crippen LogP contribution in [0.2, 0.25) is 0 Å². The molecular weight excluding hydrogens is 538 g/mol. The Balaban J connectivity index is 1.47. The molecule has 1 amide bonds. The van der Waals surface area contributed by atoms with Crippen LogP contribution in [0.25, 0.3) is 0 Å². The summed E-state index contributed by atoms with van der Waals surface area (Å²) in [5.74, 6) is -1.07. The molecule has 1 aliphatic rings. The van der Waals surface area contributed by atoms with Crippen molar-refractivity contribution in [2.75, 3.05) is 60.2 Å². The summed E-state index contributed by atoms with van der Waals surface area (Å²) in [6.07, 6.45) is 3.73. The topological polar surface area (TPSA) is 98.5 Å². The summed E-state index contributed by atoms with van der Waals surface area (Å²) in [6, 6.07) is 8.81. The van der Waals surface area contributed by atoms with Crippen LogP contribution in [-0.4, -0.2) is 96.4 Å². The van der Waals surface area contributed by atoms with E-state index in [1.807, 2.05) is 40.9 Å². The molecule has 2 heterocycles. The van der Waals surface area contributed by atoms with Crippen molar-refractivity contribution in [1.82, 2.24) is 19.6 Å².